The summed E-state index contributed by atoms with van der Waals surface area (Å²) in [6, 6.07) is 16.0. The van der Waals surface area contributed by atoms with Crippen molar-refractivity contribution >= 4 is 16.8 Å². The van der Waals surface area contributed by atoms with Gasteiger partial charge in [0.2, 0.25) is 0 Å². The van der Waals surface area contributed by atoms with Crippen molar-refractivity contribution in [2.75, 3.05) is 6.54 Å². The van der Waals surface area contributed by atoms with Crippen LogP contribution in [0.25, 0.3) is 10.9 Å². The fourth-order valence-electron chi connectivity index (χ4n) is 3.10. The molecule has 1 aliphatic heterocycles. The Labute approximate surface area is 134 Å². The summed E-state index contributed by atoms with van der Waals surface area (Å²) in [7, 11) is 0. The van der Waals surface area contributed by atoms with E-state index < -0.39 is 6.10 Å². The van der Waals surface area contributed by atoms with E-state index in [2.05, 4.69) is 22.4 Å². The van der Waals surface area contributed by atoms with Gasteiger partial charge in [-0.15, -0.1) is 0 Å². The molecular weight excluding hydrogens is 288 g/mol. The van der Waals surface area contributed by atoms with Gasteiger partial charge >= 0.3 is 0 Å². The number of para-hydroxylation sites is 2. The van der Waals surface area contributed by atoms with E-state index >= 15 is 0 Å². The van der Waals surface area contributed by atoms with Crippen LogP contribution in [0.5, 0.6) is 5.75 Å². The Morgan fingerprint density at radius 3 is 2.91 bits per heavy atom. The molecule has 0 saturated heterocycles. The molecule has 2 heterocycles. The topological polar surface area (TPSA) is 54.1 Å². The average Bonchev–Trinajstić information content (AvgIpc) is 3.19. The number of rotatable bonds is 4. The Balaban J connectivity index is 1.34. The zero-order chi connectivity index (χ0) is 15.6. The van der Waals surface area contributed by atoms with Crippen molar-refractivity contribution in [3.8, 4) is 5.75 Å². The fourth-order valence-corrected chi connectivity index (χ4v) is 3.10. The molecule has 1 unspecified atom stereocenters. The molecular formula is C19H18N2O2. The van der Waals surface area contributed by atoms with Crippen LogP contribution in [-0.2, 0) is 17.6 Å². The second-order valence-electron chi connectivity index (χ2n) is 5.82. The third kappa shape index (κ3) is 2.68. The molecule has 0 fully saturated rings. The van der Waals surface area contributed by atoms with E-state index in [9.17, 15) is 4.79 Å². The van der Waals surface area contributed by atoms with Crippen LogP contribution in [0.4, 0.5) is 0 Å². The number of fused-ring (bicyclic) bond motifs is 2. The highest BCUT2D eigenvalue weighted by Gasteiger charge is 2.28. The highest BCUT2D eigenvalue weighted by molar-refractivity contribution is 5.84. The second-order valence-corrected chi connectivity index (χ2v) is 5.82. The number of hydrogen-bond acceptors (Lipinski definition) is 2. The van der Waals surface area contributed by atoms with Crippen molar-refractivity contribution in [1.82, 2.24) is 10.3 Å². The van der Waals surface area contributed by atoms with Gasteiger partial charge in [-0.3, -0.25) is 4.79 Å². The van der Waals surface area contributed by atoms with Crippen molar-refractivity contribution in [3.63, 3.8) is 0 Å². The van der Waals surface area contributed by atoms with Gasteiger partial charge in [0, 0.05) is 30.1 Å². The van der Waals surface area contributed by atoms with Crippen LogP contribution in [-0.4, -0.2) is 23.5 Å². The molecule has 3 aromatic rings. The first-order valence-electron chi connectivity index (χ1n) is 7.88. The Morgan fingerprint density at radius 1 is 1.17 bits per heavy atom. The van der Waals surface area contributed by atoms with Crippen LogP contribution in [0.2, 0.25) is 0 Å². The number of carbonyl (C=O) groups is 1. The Kier molecular flexibility index (Phi) is 3.50. The van der Waals surface area contributed by atoms with Crippen molar-refractivity contribution in [3.05, 3.63) is 65.9 Å². The van der Waals surface area contributed by atoms with E-state index in [0.717, 1.165) is 23.3 Å². The lowest BCUT2D eigenvalue weighted by Gasteiger charge is -2.11. The fraction of sp³-hybridized carbons (Fsp3) is 0.211. The summed E-state index contributed by atoms with van der Waals surface area (Å²) in [5.41, 5.74) is 3.45. The first-order valence-corrected chi connectivity index (χ1v) is 7.88. The first kappa shape index (κ1) is 13.9. The van der Waals surface area contributed by atoms with Crippen LogP contribution >= 0.6 is 0 Å². The molecule has 23 heavy (non-hydrogen) atoms. The largest absolute Gasteiger partial charge is 0.480 e. The van der Waals surface area contributed by atoms with Crippen LogP contribution in [0.3, 0.4) is 0 Å². The summed E-state index contributed by atoms with van der Waals surface area (Å²) in [5.74, 6) is 0.783. The smallest absolute Gasteiger partial charge is 0.261 e. The van der Waals surface area contributed by atoms with Gasteiger partial charge < -0.3 is 15.0 Å². The maximum atomic E-state index is 12.3. The van der Waals surface area contributed by atoms with Crippen molar-refractivity contribution in [2.24, 2.45) is 0 Å². The van der Waals surface area contributed by atoms with Gasteiger partial charge in [0.15, 0.2) is 6.10 Å². The predicted octanol–water partition coefficient (Wildman–Crippen LogP) is 2.83. The van der Waals surface area contributed by atoms with E-state index in [1.165, 1.54) is 10.9 Å². The molecule has 4 nitrogen and oxygen atoms in total. The van der Waals surface area contributed by atoms with Gasteiger partial charge in [-0.1, -0.05) is 36.4 Å². The van der Waals surface area contributed by atoms with E-state index in [0.29, 0.717) is 13.0 Å². The standard InChI is InChI=1S/C19H18N2O2/c22-19(18-11-13-5-1-4-8-17(13)23-18)20-10-9-14-12-21-16-7-3-2-6-15(14)16/h1-8,12,18,21H,9-11H2,(H,20,22). The molecule has 1 aromatic heterocycles. The number of nitrogens with one attached hydrogen (secondary N) is 2. The maximum absolute atomic E-state index is 12.3. The van der Waals surface area contributed by atoms with Crippen LogP contribution in [0.1, 0.15) is 11.1 Å². The molecule has 4 rings (SSSR count). The summed E-state index contributed by atoms with van der Waals surface area (Å²) >= 11 is 0. The molecule has 1 amide bonds. The SMILES string of the molecule is O=C(NCCc1c[nH]c2ccccc12)C1Cc2ccccc2O1. The lowest BCUT2D eigenvalue weighted by molar-refractivity contribution is -0.127. The Morgan fingerprint density at radius 2 is 2.00 bits per heavy atom. The highest BCUT2D eigenvalue weighted by Crippen LogP contribution is 2.28. The third-order valence-electron chi connectivity index (χ3n) is 4.31. The van der Waals surface area contributed by atoms with Gasteiger partial charge in [0.25, 0.3) is 5.91 Å². The van der Waals surface area contributed by atoms with E-state index in [4.69, 9.17) is 4.74 Å². The van der Waals surface area contributed by atoms with Crippen molar-refractivity contribution < 1.29 is 9.53 Å². The summed E-state index contributed by atoms with van der Waals surface area (Å²) in [6.45, 7) is 0.608. The second kappa shape index (κ2) is 5.80. The monoisotopic (exact) mass is 306 g/mol. The molecule has 4 heteroatoms. The summed E-state index contributed by atoms with van der Waals surface area (Å²) < 4.78 is 5.71. The molecule has 0 spiro atoms. The quantitative estimate of drug-likeness (QED) is 0.779. The minimum Gasteiger partial charge on any atom is -0.480 e. The molecule has 0 saturated carbocycles. The summed E-state index contributed by atoms with van der Waals surface area (Å²) in [4.78, 5) is 15.5. The van der Waals surface area contributed by atoms with Crippen LogP contribution < -0.4 is 10.1 Å². The number of H-pyrrole nitrogens is 1. The van der Waals surface area contributed by atoms with Gasteiger partial charge in [-0.2, -0.15) is 0 Å². The minimum atomic E-state index is -0.407. The zero-order valence-corrected chi connectivity index (χ0v) is 12.7. The molecule has 0 aliphatic carbocycles. The van der Waals surface area contributed by atoms with Gasteiger partial charge in [-0.05, 0) is 29.7 Å². The van der Waals surface area contributed by atoms with Gasteiger partial charge in [0.1, 0.15) is 5.75 Å². The lowest BCUT2D eigenvalue weighted by Crippen LogP contribution is -2.38. The lowest BCUT2D eigenvalue weighted by atomic mass is 10.1. The predicted molar refractivity (Wildman–Crippen MR) is 89.6 cm³/mol. The third-order valence-corrected chi connectivity index (χ3v) is 4.31. The summed E-state index contributed by atoms with van der Waals surface area (Å²) in [6.07, 6.45) is 3.05. The highest BCUT2D eigenvalue weighted by atomic mass is 16.5. The Bertz CT molecular complexity index is 828. The number of ether oxygens (including phenoxy) is 1. The minimum absolute atomic E-state index is 0.0407. The number of amides is 1. The normalized spacial score (nSPS) is 16.1. The number of carbonyl (C=O) groups excluding carboxylic acids is 1. The number of hydrogen-bond donors (Lipinski definition) is 2. The molecule has 1 aliphatic rings. The summed E-state index contributed by atoms with van der Waals surface area (Å²) in [5, 5.41) is 4.20. The number of benzene rings is 2. The van der Waals surface area contributed by atoms with Crippen molar-refractivity contribution in [1.29, 1.82) is 0 Å². The molecule has 1 atom stereocenters. The molecule has 2 N–H and O–H groups in total. The molecule has 0 radical (unpaired) electrons. The Hall–Kier alpha value is -2.75. The molecule has 2 aromatic carbocycles. The van der Waals surface area contributed by atoms with E-state index in [1.807, 2.05) is 42.6 Å². The first-order chi connectivity index (χ1) is 11.3. The number of aromatic amines is 1. The number of aromatic nitrogens is 1. The van der Waals surface area contributed by atoms with Crippen LogP contribution in [0.15, 0.2) is 54.7 Å². The van der Waals surface area contributed by atoms with Crippen molar-refractivity contribution in [2.45, 2.75) is 18.9 Å². The van der Waals surface area contributed by atoms with E-state index in [-0.39, 0.29) is 5.91 Å². The van der Waals surface area contributed by atoms with E-state index in [1.54, 1.807) is 0 Å². The zero-order valence-electron chi connectivity index (χ0n) is 12.7. The van der Waals surface area contributed by atoms with Gasteiger partial charge in [0.05, 0.1) is 0 Å². The molecule has 0 bridgehead atoms. The average molecular weight is 306 g/mol. The van der Waals surface area contributed by atoms with Crippen LogP contribution in [0, 0.1) is 0 Å². The maximum Gasteiger partial charge on any atom is 0.261 e. The molecule has 116 valence electrons. The van der Waals surface area contributed by atoms with Gasteiger partial charge in [-0.25, -0.2) is 0 Å².